The van der Waals surface area contributed by atoms with Crippen LogP contribution in [0.4, 0.5) is 5.82 Å². The predicted molar refractivity (Wildman–Crippen MR) is 96.9 cm³/mol. The minimum atomic E-state index is -0.00308. The average Bonchev–Trinajstić information content (AvgIpc) is 2.45. The van der Waals surface area contributed by atoms with Crippen LogP contribution < -0.4 is 5.32 Å². The molecule has 1 heterocycles. The summed E-state index contributed by atoms with van der Waals surface area (Å²) < 4.78 is 6.98. The lowest BCUT2D eigenvalue weighted by molar-refractivity contribution is 0.0492. The van der Waals surface area contributed by atoms with Gasteiger partial charge in [-0.05, 0) is 48.3 Å². The highest BCUT2D eigenvalue weighted by molar-refractivity contribution is 14.1. The van der Waals surface area contributed by atoms with Gasteiger partial charge in [-0.1, -0.05) is 34.1 Å². The first-order valence-corrected chi connectivity index (χ1v) is 9.05. The minimum Gasteiger partial charge on any atom is -0.371 e. The van der Waals surface area contributed by atoms with Gasteiger partial charge in [0.1, 0.15) is 11.9 Å². The number of anilines is 1. The molecule has 0 saturated heterocycles. The molecule has 1 rings (SSSR count). The lowest BCUT2D eigenvalue weighted by Crippen LogP contribution is -2.15. The molecule has 0 aliphatic rings. The number of hydrogen-bond acceptors (Lipinski definition) is 4. The maximum atomic E-state index is 5.85. The zero-order valence-corrected chi connectivity index (χ0v) is 16.0. The first-order valence-electron chi connectivity index (χ1n) is 7.97. The Morgan fingerprint density at radius 1 is 1.14 bits per heavy atom. The summed E-state index contributed by atoms with van der Waals surface area (Å²) in [4.78, 5) is 9.53. The van der Waals surface area contributed by atoms with Crippen LogP contribution in [0.15, 0.2) is 0 Å². The Morgan fingerprint density at radius 3 is 2.38 bits per heavy atom. The van der Waals surface area contributed by atoms with Gasteiger partial charge >= 0.3 is 0 Å². The second-order valence-corrected chi connectivity index (χ2v) is 6.52. The number of ether oxygens (including phenoxy) is 1. The maximum absolute atomic E-state index is 5.85. The van der Waals surface area contributed by atoms with E-state index in [-0.39, 0.29) is 6.10 Å². The van der Waals surface area contributed by atoms with Gasteiger partial charge in [-0.3, -0.25) is 0 Å². The van der Waals surface area contributed by atoms with Gasteiger partial charge in [0.2, 0.25) is 0 Å². The largest absolute Gasteiger partial charge is 0.371 e. The molecule has 5 heteroatoms. The Kier molecular flexibility index (Phi) is 8.48. The van der Waals surface area contributed by atoms with E-state index in [0.717, 1.165) is 46.7 Å². The summed E-state index contributed by atoms with van der Waals surface area (Å²) in [7, 11) is 0. The molecule has 0 spiro atoms. The fraction of sp³-hybridized carbons (Fsp3) is 0.750. The molecule has 0 fully saturated rings. The third kappa shape index (κ3) is 5.36. The van der Waals surface area contributed by atoms with Gasteiger partial charge in [-0.15, -0.1) is 0 Å². The highest BCUT2D eigenvalue weighted by Gasteiger charge is 2.20. The first-order chi connectivity index (χ1) is 10.0. The summed E-state index contributed by atoms with van der Waals surface area (Å²) in [5.41, 5.74) is 1.11. The van der Waals surface area contributed by atoms with Crippen molar-refractivity contribution in [2.24, 2.45) is 0 Å². The van der Waals surface area contributed by atoms with Crippen molar-refractivity contribution in [3.8, 4) is 0 Å². The van der Waals surface area contributed by atoms with E-state index in [1.54, 1.807) is 0 Å². The molecule has 1 N–H and O–H groups in total. The molecular formula is C16H28IN3O. The highest BCUT2D eigenvalue weighted by atomic mass is 127. The average molecular weight is 405 g/mol. The number of rotatable bonds is 9. The topological polar surface area (TPSA) is 47.0 Å². The monoisotopic (exact) mass is 405 g/mol. The van der Waals surface area contributed by atoms with E-state index in [4.69, 9.17) is 14.7 Å². The molecule has 0 saturated carbocycles. The van der Waals surface area contributed by atoms with Gasteiger partial charge in [0.05, 0.1) is 9.26 Å². The van der Waals surface area contributed by atoms with Crippen LogP contribution in [-0.4, -0.2) is 23.1 Å². The third-order valence-corrected chi connectivity index (χ3v) is 4.25. The Morgan fingerprint density at radius 2 is 1.86 bits per heavy atom. The van der Waals surface area contributed by atoms with Gasteiger partial charge in [0, 0.05) is 13.2 Å². The Bertz CT molecular complexity index is 432. The predicted octanol–water partition coefficient (Wildman–Crippen LogP) is 4.90. The van der Waals surface area contributed by atoms with Crippen LogP contribution in [0.25, 0.3) is 0 Å². The van der Waals surface area contributed by atoms with Crippen molar-refractivity contribution in [1.82, 2.24) is 9.97 Å². The van der Waals surface area contributed by atoms with Gasteiger partial charge in [0.15, 0.2) is 5.82 Å². The summed E-state index contributed by atoms with van der Waals surface area (Å²) >= 11 is 2.35. The summed E-state index contributed by atoms with van der Waals surface area (Å²) in [5, 5.41) is 3.42. The van der Waals surface area contributed by atoms with E-state index in [9.17, 15) is 0 Å². The molecule has 1 aromatic rings. The molecule has 120 valence electrons. The lowest BCUT2D eigenvalue weighted by atomic mass is 10.1. The third-order valence-electron chi connectivity index (χ3n) is 3.19. The molecular weight excluding hydrogens is 377 g/mol. The molecule has 0 bridgehead atoms. The summed E-state index contributed by atoms with van der Waals surface area (Å²) in [6.45, 7) is 12.3. The molecule has 4 nitrogen and oxygen atoms in total. The number of nitrogens with one attached hydrogen (secondary N) is 1. The number of halogens is 1. The molecule has 21 heavy (non-hydrogen) atoms. The van der Waals surface area contributed by atoms with E-state index >= 15 is 0 Å². The molecule has 0 aliphatic heterocycles. The van der Waals surface area contributed by atoms with Gasteiger partial charge in [-0.2, -0.15) is 0 Å². The number of nitrogens with zero attached hydrogens (tertiary/aromatic N) is 2. The van der Waals surface area contributed by atoms with E-state index in [0.29, 0.717) is 12.5 Å². The van der Waals surface area contributed by atoms with Crippen molar-refractivity contribution in [3.63, 3.8) is 0 Å². The smallest absolute Gasteiger partial charge is 0.159 e. The molecule has 0 aromatic carbocycles. The number of hydrogen-bond donors (Lipinski definition) is 1. The van der Waals surface area contributed by atoms with Crippen LogP contribution in [0.3, 0.4) is 0 Å². The molecule has 0 aliphatic carbocycles. The molecule has 1 aromatic heterocycles. The molecule has 0 radical (unpaired) electrons. The van der Waals surface area contributed by atoms with E-state index in [2.05, 4.69) is 55.6 Å². The second-order valence-electron chi connectivity index (χ2n) is 5.44. The fourth-order valence-electron chi connectivity index (χ4n) is 2.12. The van der Waals surface area contributed by atoms with Gasteiger partial charge < -0.3 is 10.1 Å². The summed E-state index contributed by atoms with van der Waals surface area (Å²) in [6.07, 6.45) is 3.10. The van der Waals surface area contributed by atoms with Gasteiger partial charge in [-0.25, -0.2) is 9.97 Å². The van der Waals surface area contributed by atoms with E-state index in [1.165, 1.54) is 0 Å². The highest BCUT2D eigenvalue weighted by Crippen LogP contribution is 2.29. The lowest BCUT2D eigenvalue weighted by Gasteiger charge is -2.19. The minimum absolute atomic E-state index is 0.00308. The first kappa shape index (κ1) is 18.6. The quantitative estimate of drug-likeness (QED) is 0.594. The van der Waals surface area contributed by atoms with Crippen LogP contribution in [0.5, 0.6) is 0 Å². The van der Waals surface area contributed by atoms with Crippen molar-refractivity contribution >= 4 is 28.4 Å². The Hall–Kier alpha value is -0.430. The van der Waals surface area contributed by atoms with Crippen LogP contribution in [0, 0.1) is 3.57 Å². The van der Waals surface area contributed by atoms with Crippen LogP contribution in [0.1, 0.15) is 77.4 Å². The zero-order chi connectivity index (χ0) is 15.8. The van der Waals surface area contributed by atoms with Crippen molar-refractivity contribution in [2.75, 3.05) is 18.5 Å². The second kappa shape index (κ2) is 9.56. The normalized spacial score (nSPS) is 12.7. The Balaban J connectivity index is 3.20. The molecule has 1 atom stereocenters. The summed E-state index contributed by atoms with van der Waals surface area (Å²) in [5.74, 6) is 2.15. The fourth-order valence-corrected chi connectivity index (χ4v) is 3.17. The van der Waals surface area contributed by atoms with E-state index in [1.807, 2.05) is 6.92 Å². The van der Waals surface area contributed by atoms with Crippen LogP contribution >= 0.6 is 22.6 Å². The van der Waals surface area contributed by atoms with Gasteiger partial charge in [0.25, 0.3) is 0 Å². The van der Waals surface area contributed by atoms with E-state index < -0.39 is 0 Å². The van der Waals surface area contributed by atoms with Crippen molar-refractivity contribution in [1.29, 1.82) is 0 Å². The van der Waals surface area contributed by atoms with Crippen molar-refractivity contribution in [3.05, 3.63) is 15.1 Å². The standard InChI is InChI=1S/C16H28IN3O/c1-6-9-12(21-8-3)15-19-14(11(4)5)13(17)16(20-15)18-10-7-2/h11-12H,6-10H2,1-5H3,(H,18,19,20). The summed E-state index contributed by atoms with van der Waals surface area (Å²) in [6, 6.07) is 0. The Labute approximate surface area is 142 Å². The van der Waals surface area contributed by atoms with Crippen molar-refractivity contribution < 1.29 is 4.74 Å². The maximum Gasteiger partial charge on any atom is 0.159 e. The van der Waals surface area contributed by atoms with Crippen LogP contribution in [0.2, 0.25) is 0 Å². The number of aromatic nitrogens is 2. The van der Waals surface area contributed by atoms with Crippen LogP contribution in [-0.2, 0) is 4.74 Å². The molecule has 1 unspecified atom stereocenters. The molecule has 0 amide bonds. The zero-order valence-electron chi connectivity index (χ0n) is 13.9. The SMILES string of the molecule is CCCNc1nc(C(CCC)OCC)nc(C(C)C)c1I. The van der Waals surface area contributed by atoms with Crippen molar-refractivity contribution in [2.45, 2.75) is 65.9 Å².